The Balaban J connectivity index is 2.23. The first-order chi connectivity index (χ1) is 11.0. The molecule has 5 nitrogen and oxygen atoms in total. The molecular formula is C18H25NO4. The van der Waals surface area contributed by atoms with Gasteiger partial charge in [0.2, 0.25) is 5.91 Å². The van der Waals surface area contributed by atoms with E-state index in [1.165, 1.54) is 0 Å². The van der Waals surface area contributed by atoms with Gasteiger partial charge in [0.1, 0.15) is 5.75 Å². The van der Waals surface area contributed by atoms with E-state index in [9.17, 15) is 14.7 Å². The Labute approximate surface area is 137 Å². The molecule has 1 aromatic carbocycles. The number of methoxy groups -OCH3 is 1. The van der Waals surface area contributed by atoms with Gasteiger partial charge in [0.05, 0.1) is 24.6 Å². The summed E-state index contributed by atoms with van der Waals surface area (Å²) in [5.41, 5.74) is -0.333. The number of rotatable bonds is 6. The summed E-state index contributed by atoms with van der Waals surface area (Å²) in [4.78, 5) is 24.2. The van der Waals surface area contributed by atoms with Crippen LogP contribution in [0, 0.1) is 11.3 Å². The molecule has 1 aliphatic carbocycles. The number of aliphatic carboxylic acids is 1. The minimum Gasteiger partial charge on any atom is -0.495 e. The number of ether oxygens (including phenoxy) is 1. The smallest absolute Gasteiger partial charge is 0.304 e. The molecule has 2 rings (SSSR count). The van der Waals surface area contributed by atoms with Gasteiger partial charge in [0.15, 0.2) is 0 Å². The molecule has 0 aliphatic heterocycles. The summed E-state index contributed by atoms with van der Waals surface area (Å²) in [6.07, 6.45) is 4.93. The fourth-order valence-electron chi connectivity index (χ4n) is 3.48. The Morgan fingerprint density at radius 1 is 1.26 bits per heavy atom. The topological polar surface area (TPSA) is 75.6 Å². The molecule has 2 N–H and O–H groups in total. The van der Waals surface area contributed by atoms with Gasteiger partial charge in [0, 0.05) is 0 Å². The van der Waals surface area contributed by atoms with E-state index < -0.39 is 11.4 Å². The van der Waals surface area contributed by atoms with Crippen LogP contribution in [0.15, 0.2) is 24.3 Å². The van der Waals surface area contributed by atoms with E-state index in [0.717, 1.165) is 32.1 Å². The normalized spacial score (nSPS) is 18.0. The van der Waals surface area contributed by atoms with E-state index in [4.69, 9.17) is 4.74 Å². The first-order valence-corrected chi connectivity index (χ1v) is 8.13. The van der Waals surface area contributed by atoms with Gasteiger partial charge >= 0.3 is 5.97 Å². The molecule has 1 fully saturated rings. The number of amides is 1. The SMILES string of the molecule is COc1ccccc1NC(=O)C(C)(CC(=O)O)C1CCCCC1. The first-order valence-electron chi connectivity index (χ1n) is 8.13. The third-order valence-electron chi connectivity index (χ3n) is 4.90. The Kier molecular flexibility index (Phi) is 5.64. The van der Waals surface area contributed by atoms with Crippen LogP contribution >= 0.6 is 0 Å². The number of benzene rings is 1. The van der Waals surface area contributed by atoms with Gasteiger partial charge in [0.25, 0.3) is 0 Å². The van der Waals surface area contributed by atoms with E-state index in [2.05, 4.69) is 5.32 Å². The lowest BCUT2D eigenvalue weighted by atomic mass is 9.67. The highest BCUT2D eigenvalue weighted by Crippen LogP contribution is 2.42. The van der Waals surface area contributed by atoms with Crippen molar-refractivity contribution in [3.8, 4) is 5.75 Å². The summed E-state index contributed by atoms with van der Waals surface area (Å²) in [7, 11) is 1.54. The monoisotopic (exact) mass is 319 g/mol. The largest absolute Gasteiger partial charge is 0.495 e. The molecular weight excluding hydrogens is 294 g/mol. The van der Waals surface area contributed by atoms with Crippen molar-refractivity contribution in [2.45, 2.75) is 45.4 Å². The predicted octanol–water partition coefficient (Wildman–Crippen LogP) is 3.70. The summed E-state index contributed by atoms with van der Waals surface area (Å²) >= 11 is 0. The van der Waals surface area contributed by atoms with E-state index in [1.807, 2.05) is 12.1 Å². The van der Waals surface area contributed by atoms with Crippen LogP contribution in [-0.2, 0) is 9.59 Å². The number of nitrogens with one attached hydrogen (secondary N) is 1. The molecule has 0 radical (unpaired) electrons. The van der Waals surface area contributed by atoms with Gasteiger partial charge in [-0.1, -0.05) is 31.4 Å². The Hall–Kier alpha value is -2.04. The summed E-state index contributed by atoms with van der Waals surface area (Å²) < 4.78 is 5.25. The summed E-state index contributed by atoms with van der Waals surface area (Å²) in [6, 6.07) is 7.17. The number of hydrogen-bond donors (Lipinski definition) is 2. The molecule has 1 aliphatic rings. The molecule has 1 unspecified atom stereocenters. The lowest BCUT2D eigenvalue weighted by Crippen LogP contribution is -2.42. The second-order valence-corrected chi connectivity index (χ2v) is 6.48. The van der Waals surface area contributed by atoms with Crippen LogP contribution in [0.3, 0.4) is 0 Å². The Morgan fingerprint density at radius 2 is 1.91 bits per heavy atom. The van der Waals surface area contributed by atoms with Crippen LogP contribution in [0.5, 0.6) is 5.75 Å². The number of carboxylic acid groups (broad SMARTS) is 1. The first kappa shape index (κ1) is 17.3. The van der Waals surface area contributed by atoms with Crippen LogP contribution in [0.25, 0.3) is 0 Å². The maximum absolute atomic E-state index is 12.9. The Bertz CT molecular complexity index is 566. The van der Waals surface area contributed by atoms with E-state index in [0.29, 0.717) is 11.4 Å². The van der Waals surface area contributed by atoms with E-state index in [-0.39, 0.29) is 18.2 Å². The predicted molar refractivity (Wildman–Crippen MR) is 88.6 cm³/mol. The highest BCUT2D eigenvalue weighted by molar-refractivity contribution is 5.98. The van der Waals surface area contributed by atoms with Crippen LogP contribution in [0.1, 0.15) is 45.4 Å². The molecule has 1 amide bonds. The minimum absolute atomic E-state index is 0.0991. The lowest BCUT2D eigenvalue weighted by molar-refractivity contribution is -0.145. The second-order valence-electron chi connectivity index (χ2n) is 6.48. The van der Waals surface area contributed by atoms with Gasteiger partial charge in [-0.3, -0.25) is 9.59 Å². The van der Waals surface area contributed by atoms with E-state index in [1.54, 1.807) is 26.2 Å². The maximum atomic E-state index is 12.9. The standard InChI is InChI=1S/C18H25NO4/c1-18(12-16(20)21,13-8-4-3-5-9-13)17(22)19-14-10-6-7-11-15(14)23-2/h6-7,10-11,13H,3-5,8-9,12H2,1-2H3,(H,19,22)(H,20,21). The van der Waals surface area contributed by atoms with Crippen LogP contribution in [0.2, 0.25) is 0 Å². The Morgan fingerprint density at radius 3 is 2.52 bits per heavy atom. The molecule has 1 aromatic rings. The van der Waals surface area contributed by atoms with Crippen molar-refractivity contribution in [3.63, 3.8) is 0 Å². The zero-order valence-corrected chi connectivity index (χ0v) is 13.8. The molecule has 0 heterocycles. The molecule has 1 saturated carbocycles. The minimum atomic E-state index is -0.937. The number of carbonyl (C=O) groups excluding carboxylic acids is 1. The van der Waals surface area contributed by atoms with Crippen LogP contribution in [0.4, 0.5) is 5.69 Å². The molecule has 1 atom stereocenters. The third kappa shape index (κ3) is 4.03. The fourth-order valence-corrected chi connectivity index (χ4v) is 3.48. The number of carbonyl (C=O) groups is 2. The van der Waals surface area contributed by atoms with Gasteiger partial charge in [-0.2, -0.15) is 0 Å². The van der Waals surface area contributed by atoms with Crippen molar-refractivity contribution in [2.75, 3.05) is 12.4 Å². The molecule has 23 heavy (non-hydrogen) atoms. The molecule has 0 spiro atoms. The summed E-state index contributed by atoms with van der Waals surface area (Å²) in [6.45, 7) is 1.78. The van der Waals surface area contributed by atoms with Gasteiger partial charge in [-0.15, -0.1) is 0 Å². The number of para-hydroxylation sites is 2. The highest BCUT2D eigenvalue weighted by Gasteiger charge is 2.43. The zero-order valence-electron chi connectivity index (χ0n) is 13.8. The van der Waals surface area contributed by atoms with Crippen molar-refractivity contribution in [1.82, 2.24) is 0 Å². The maximum Gasteiger partial charge on any atom is 0.304 e. The lowest BCUT2D eigenvalue weighted by Gasteiger charge is -2.37. The summed E-state index contributed by atoms with van der Waals surface area (Å²) in [5, 5.41) is 12.2. The number of anilines is 1. The number of carboxylic acids is 1. The second kappa shape index (κ2) is 7.49. The molecule has 5 heteroatoms. The van der Waals surface area contributed by atoms with Gasteiger partial charge < -0.3 is 15.2 Å². The molecule has 126 valence electrons. The van der Waals surface area contributed by atoms with Crippen molar-refractivity contribution < 1.29 is 19.4 Å². The van der Waals surface area contributed by atoms with E-state index >= 15 is 0 Å². The van der Waals surface area contributed by atoms with Crippen LogP contribution < -0.4 is 10.1 Å². The average Bonchev–Trinajstić information content (AvgIpc) is 2.55. The molecule has 0 bridgehead atoms. The number of hydrogen-bond acceptors (Lipinski definition) is 3. The fraction of sp³-hybridized carbons (Fsp3) is 0.556. The van der Waals surface area contributed by atoms with Crippen molar-refractivity contribution in [3.05, 3.63) is 24.3 Å². The average molecular weight is 319 g/mol. The van der Waals surface area contributed by atoms with Gasteiger partial charge in [-0.25, -0.2) is 0 Å². The summed E-state index contributed by atoms with van der Waals surface area (Å²) in [5.74, 6) is -0.506. The van der Waals surface area contributed by atoms with Crippen molar-refractivity contribution >= 4 is 17.6 Å². The van der Waals surface area contributed by atoms with Crippen molar-refractivity contribution in [1.29, 1.82) is 0 Å². The third-order valence-corrected chi connectivity index (χ3v) is 4.90. The molecule has 0 saturated heterocycles. The van der Waals surface area contributed by atoms with Gasteiger partial charge in [-0.05, 0) is 37.8 Å². The quantitative estimate of drug-likeness (QED) is 0.838. The van der Waals surface area contributed by atoms with Crippen molar-refractivity contribution in [2.24, 2.45) is 11.3 Å². The zero-order chi connectivity index (χ0) is 16.9. The molecule has 0 aromatic heterocycles. The highest BCUT2D eigenvalue weighted by atomic mass is 16.5. The van der Waals surface area contributed by atoms with Crippen LogP contribution in [-0.4, -0.2) is 24.1 Å².